The second-order valence-corrected chi connectivity index (χ2v) is 7.10. The van der Waals surface area contributed by atoms with E-state index in [-0.39, 0.29) is 35.8 Å². The molecule has 2 rings (SSSR count). The maximum atomic E-state index is 11.6. The van der Waals surface area contributed by atoms with Crippen LogP contribution in [-0.4, -0.2) is 62.5 Å². The van der Waals surface area contributed by atoms with Gasteiger partial charge in [-0.3, -0.25) is 9.59 Å². The monoisotopic (exact) mass is 531 g/mol. The second-order valence-electron chi connectivity index (χ2n) is 7.10. The molecule has 1 aliphatic rings. The summed E-state index contributed by atoms with van der Waals surface area (Å²) in [6, 6.07) is 7.32. The fourth-order valence-corrected chi connectivity index (χ4v) is 3.32. The van der Waals surface area contributed by atoms with Crippen LogP contribution in [0.1, 0.15) is 33.1 Å². The Labute approximate surface area is 196 Å². The van der Waals surface area contributed by atoms with Gasteiger partial charge in [-0.1, -0.05) is 6.07 Å². The number of halogens is 1. The van der Waals surface area contributed by atoms with Crippen LogP contribution in [-0.2, 0) is 9.59 Å². The first-order valence-electron chi connectivity index (χ1n) is 10.3. The summed E-state index contributed by atoms with van der Waals surface area (Å²) in [5, 5.41) is 8.79. The molecular weight excluding hydrogens is 497 g/mol. The van der Waals surface area contributed by atoms with E-state index >= 15 is 0 Å². The summed E-state index contributed by atoms with van der Waals surface area (Å²) in [6.07, 6.45) is 2.58. The predicted molar refractivity (Wildman–Crippen MR) is 131 cm³/mol. The summed E-state index contributed by atoms with van der Waals surface area (Å²) < 4.78 is 5.77. The third-order valence-corrected chi connectivity index (χ3v) is 4.78. The van der Waals surface area contributed by atoms with E-state index in [1.165, 1.54) is 6.92 Å². The van der Waals surface area contributed by atoms with Crippen LogP contribution in [0.4, 0.5) is 5.69 Å². The molecule has 1 aliphatic heterocycles. The molecule has 1 heterocycles. The number of hydrogen-bond acceptors (Lipinski definition) is 4. The van der Waals surface area contributed by atoms with Crippen molar-refractivity contribution in [2.75, 3.05) is 45.2 Å². The molecule has 1 fully saturated rings. The third-order valence-electron chi connectivity index (χ3n) is 4.78. The van der Waals surface area contributed by atoms with Crippen LogP contribution in [0.5, 0.6) is 5.75 Å². The molecule has 0 bridgehead atoms. The van der Waals surface area contributed by atoms with E-state index in [1.54, 1.807) is 13.1 Å². The highest BCUT2D eigenvalue weighted by molar-refractivity contribution is 14.0. The number of nitrogens with one attached hydrogen (secondary N) is 3. The molecule has 1 aromatic rings. The van der Waals surface area contributed by atoms with Gasteiger partial charge in [0.15, 0.2) is 5.96 Å². The molecule has 0 unspecified atom stereocenters. The average molecular weight is 531 g/mol. The van der Waals surface area contributed by atoms with Crippen molar-refractivity contribution in [1.29, 1.82) is 0 Å². The standard InChI is InChI=1S/C21H33N5O3.HI/c1-4-23-21(26-11-8-17(9-12-26)14-20(28)22-3)24-10-13-29-19-7-5-6-18(15-19)25-16(2)27;/h5-7,15,17H,4,8-14H2,1-3H3,(H,22,28)(H,23,24)(H,25,27);1H. The number of guanidine groups is 1. The Morgan fingerprint density at radius 2 is 2.00 bits per heavy atom. The van der Waals surface area contributed by atoms with Crippen molar-refractivity contribution in [3.8, 4) is 5.75 Å². The zero-order valence-electron chi connectivity index (χ0n) is 18.1. The van der Waals surface area contributed by atoms with Crippen LogP contribution in [0.25, 0.3) is 0 Å². The molecule has 168 valence electrons. The Morgan fingerprint density at radius 1 is 1.27 bits per heavy atom. The average Bonchev–Trinajstić information content (AvgIpc) is 2.70. The first-order valence-corrected chi connectivity index (χ1v) is 10.3. The summed E-state index contributed by atoms with van der Waals surface area (Å²) >= 11 is 0. The first-order chi connectivity index (χ1) is 14.0. The van der Waals surface area contributed by atoms with E-state index in [4.69, 9.17) is 4.74 Å². The summed E-state index contributed by atoms with van der Waals surface area (Å²) in [4.78, 5) is 29.7. The maximum absolute atomic E-state index is 11.6. The van der Waals surface area contributed by atoms with Crippen molar-refractivity contribution in [3.63, 3.8) is 0 Å². The Balaban J connectivity index is 0.00000450. The lowest BCUT2D eigenvalue weighted by Crippen LogP contribution is -2.46. The Hall–Kier alpha value is -2.04. The molecule has 1 saturated heterocycles. The smallest absolute Gasteiger partial charge is 0.221 e. The van der Waals surface area contributed by atoms with Crippen LogP contribution in [0.2, 0.25) is 0 Å². The molecule has 9 heteroatoms. The van der Waals surface area contributed by atoms with E-state index in [9.17, 15) is 9.59 Å². The number of nitrogens with zero attached hydrogens (tertiary/aromatic N) is 2. The van der Waals surface area contributed by atoms with Crippen LogP contribution in [0, 0.1) is 5.92 Å². The minimum atomic E-state index is -0.110. The lowest BCUT2D eigenvalue weighted by atomic mass is 9.93. The highest BCUT2D eigenvalue weighted by atomic mass is 127. The van der Waals surface area contributed by atoms with Crippen molar-refractivity contribution in [1.82, 2.24) is 15.5 Å². The Kier molecular flexibility index (Phi) is 12.2. The van der Waals surface area contributed by atoms with Gasteiger partial charge in [0, 0.05) is 51.8 Å². The van der Waals surface area contributed by atoms with Crippen molar-refractivity contribution in [2.24, 2.45) is 10.9 Å². The summed E-state index contributed by atoms with van der Waals surface area (Å²) in [5.74, 6) is 2.03. The number of anilines is 1. The normalized spacial score (nSPS) is 14.5. The van der Waals surface area contributed by atoms with Crippen molar-refractivity contribution in [2.45, 2.75) is 33.1 Å². The molecule has 30 heavy (non-hydrogen) atoms. The minimum Gasteiger partial charge on any atom is -0.492 e. The molecule has 8 nitrogen and oxygen atoms in total. The SMILES string of the molecule is CCNC(=NCCOc1cccc(NC(C)=O)c1)N1CCC(CC(=O)NC)CC1.I. The molecule has 3 N–H and O–H groups in total. The van der Waals surface area contributed by atoms with E-state index in [0.717, 1.165) is 38.4 Å². The van der Waals surface area contributed by atoms with Crippen LogP contribution >= 0.6 is 24.0 Å². The fourth-order valence-electron chi connectivity index (χ4n) is 3.32. The minimum absolute atomic E-state index is 0. The number of benzene rings is 1. The Bertz CT molecular complexity index is 706. The van der Waals surface area contributed by atoms with Gasteiger partial charge in [-0.2, -0.15) is 0 Å². The summed E-state index contributed by atoms with van der Waals surface area (Å²) in [5.41, 5.74) is 0.714. The van der Waals surface area contributed by atoms with Gasteiger partial charge in [-0.15, -0.1) is 24.0 Å². The van der Waals surface area contributed by atoms with Gasteiger partial charge in [0.05, 0.1) is 6.54 Å². The van der Waals surface area contributed by atoms with Gasteiger partial charge < -0.3 is 25.6 Å². The molecule has 0 radical (unpaired) electrons. The van der Waals surface area contributed by atoms with Gasteiger partial charge in [0.25, 0.3) is 0 Å². The number of likely N-dealkylation sites (tertiary alicyclic amines) is 1. The number of carbonyl (C=O) groups is 2. The molecule has 0 aliphatic carbocycles. The molecule has 0 spiro atoms. The first kappa shape index (κ1) is 26.0. The maximum Gasteiger partial charge on any atom is 0.221 e. The van der Waals surface area contributed by atoms with Gasteiger partial charge in [0.1, 0.15) is 12.4 Å². The fraction of sp³-hybridized carbons (Fsp3) is 0.571. The second kappa shape index (κ2) is 14.1. The number of aliphatic imine (C=N–C) groups is 1. The quantitative estimate of drug-likeness (QED) is 0.208. The summed E-state index contributed by atoms with van der Waals surface area (Å²) in [6.45, 7) is 7.11. The van der Waals surface area contributed by atoms with Crippen molar-refractivity contribution >= 4 is 47.4 Å². The molecule has 2 amide bonds. The number of ether oxygens (including phenoxy) is 1. The van der Waals surface area contributed by atoms with E-state index in [0.29, 0.717) is 36.9 Å². The zero-order chi connectivity index (χ0) is 21.1. The van der Waals surface area contributed by atoms with Gasteiger partial charge in [0.2, 0.25) is 11.8 Å². The van der Waals surface area contributed by atoms with Crippen LogP contribution in [0.3, 0.4) is 0 Å². The lowest BCUT2D eigenvalue weighted by molar-refractivity contribution is -0.121. The Morgan fingerprint density at radius 3 is 2.63 bits per heavy atom. The number of piperidine rings is 1. The predicted octanol–water partition coefficient (Wildman–Crippen LogP) is 2.46. The molecule has 0 atom stereocenters. The van der Waals surface area contributed by atoms with Gasteiger partial charge in [-0.25, -0.2) is 4.99 Å². The van der Waals surface area contributed by atoms with E-state index in [1.807, 2.05) is 18.2 Å². The lowest BCUT2D eigenvalue weighted by Gasteiger charge is -2.34. The van der Waals surface area contributed by atoms with Crippen molar-refractivity contribution < 1.29 is 14.3 Å². The topological polar surface area (TPSA) is 95.1 Å². The number of amides is 2. The van der Waals surface area contributed by atoms with E-state index < -0.39 is 0 Å². The van der Waals surface area contributed by atoms with Crippen molar-refractivity contribution in [3.05, 3.63) is 24.3 Å². The summed E-state index contributed by atoms with van der Waals surface area (Å²) in [7, 11) is 1.69. The molecule has 0 saturated carbocycles. The zero-order valence-corrected chi connectivity index (χ0v) is 20.4. The van der Waals surface area contributed by atoms with Crippen LogP contribution in [0.15, 0.2) is 29.3 Å². The number of carbonyl (C=O) groups excluding carboxylic acids is 2. The van der Waals surface area contributed by atoms with E-state index in [2.05, 4.69) is 32.8 Å². The molecule has 0 aromatic heterocycles. The highest BCUT2D eigenvalue weighted by Crippen LogP contribution is 2.20. The molecular formula is C21H34IN5O3. The highest BCUT2D eigenvalue weighted by Gasteiger charge is 2.22. The van der Waals surface area contributed by atoms with Crippen LogP contribution < -0.4 is 20.7 Å². The largest absolute Gasteiger partial charge is 0.492 e. The molecule has 1 aromatic carbocycles. The number of rotatable bonds is 8. The van der Waals surface area contributed by atoms with Gasteiger partial charge >= 0.3 is 0 Å². The van der Waals surface area contributed by atoms with Gasteiger partial charge in [-0.05, 0) is 37.8 Å². The number of hydrogen-bond donors (Lipinski definition) is 3. The third kappa shape index (κ3) is 9.19.